The summed E-state index contributed by atoms with van der Waals surface area (Å²) >= 11 is 1.76. The second kappa shape index (κ2) is 15.2. The summed E-state index contributed by atoms with van der Waals surface area (Å²) in [6.07, 6.45) is 6.04. The monoisotopic (exact) mass is 616 g/mol. The van der Waals surface area contributed by atoms with Crippen molar-refractivity contribution in [3.05, 3.63) is 16.8 Å². The Hall–Kier alpha value is -2.96. The molecule has 0 spiro atoms. The summed E-state index contributed by atoms with van der Waals surface area (Å²) in [5.41, 5.74) is 13.7. The number of rotatable bonds is 16. The first-order chi connectivity index (χ1) is 20.6. The Labute approximate surface area is 258 Å². The van der Waals surface area contributed by atoms with Crippen molar-refractivity contribution in [3.8, 4) is 0 Å². The Morgan fingerprint density at radius 3 is 2.51 bits per heavy atom. The minimum Gasteiger partial charge on any atom is -0.444 e. The van der Waals surface area contributed by atoms with E-state index in [9.17, 15) is 9.59 Å². The zero-order valence-corrected chi connectivity index (χ0v) is 27.0. The molecule has 43 heavy (non-hydrogen) atoms. The zero-order valence-electron chi connectivity index (χ0n) is 26.2. The molecule has 4 heterocycles. The number of anilines is 1. The fraction of sp³-hybridized carbons (Fsp3) is 0.677. The molecule has 11 nitrogen and oxygen atoms in total. The van der Waals surface area contributed by atoms with E-state index in [2.05, 4.69) is 29.5 Å². The van der Waals surface area contributed by atoms with Gasteiger partial charge in [-0.2, -0.15) is 0 Å². The van der Waals surface area contributed by atoms with Crippen LogP contribution in [0, 0.1) is 12.8 Å². The van der Waals surface area contributed by atoms with Crippen molar-refractivity contribution in [1.29, 1.82) is 0 Å². The maximum Gasteiger partial charge on any atom is 0.405 e. The molecule has 3 aromatic heterocycles. The van der Waals surface area contributed by atoms with Gasteiger partial charge in [0.05, 0.1) is 42.0 Å². The van der Waals surface area contributed by atoms with Gasteiger partial charge in [-0.3, -0.25) is 4.79 Å². The van der Waals surface area contributed by atoms with Gasteiger partial charge in [-0.05, 0) is 64.9 Å². The van der Waals surface area contributed by atoms with E-state index in [0.29, 0.717) is 51.0 Å². The Morgan fingerprint density at radius 2 is 1.81 bits per heavy atom. The van der Waals surface area contributed by atoms with Crippen LogP contribution in [-0.4, -0.2) is 76.6 Å². The normalized spacial score (nSPS) is 14.7. The minimum absolute atomic E-state index is 0.141. The second-order valence-corrected chi connectivity index (χ2v) is 13.3. The van der Waals surface area contributed by atoms with Crippen LogP contribution in [0.5, 0.6) is 0 Å². The number of nitrogens with two attached hydrogens (primary N) is 2. The number of aryl methyl sites for hydroxylation is 2. The Morgan fingerprint density at radius 1 is 1.09 bits per heavy atom. The number of carbonyl (C=O) groups is 2. The van der Waals surface area contributed by atoms with E-state index in [-0.39, 0.29) is 5.91 Å². The average molecular weight is 617 g/mol. The number of nitrogen functional groups attached to an aromatic ring is 1. The number of hydrogen-bond donors (Lipinski definition) is 2. The quantitative estimate of drug-likeness (QED) is 0.209. The number of unbranched alkanes of at least 4 members (excludes halogenated alkanes) is 1. The van der Waals surface area contributed by atoms with Gasteiger partial charge >= 0.3 is 6.09 Å². The number of likely N-dealkylation sites (tertiary alicyclic amines) is 1. The predicted molar refractivity (Wildman–Crippen MR) is 170 cm³/mol. The van der Waals surface area contributed by atoms with Gasteiger partial charge in [0.25, 0.3) is 0 Å². The third-order valence-electron chi connectivity index (χ3n) is 8.02. The SMILES string of the molecule is CCCCc1nc2c(N)nc3cc(C)sc3c2n1CC1CCN(C(=O)CCOCCOCCCC(C)(C)OC(N)=O)CC1. The number of piperidine rings is 1. The third kappa shape index (κ3) is 9.02. The molecule has 1 aliphatic heterocycles. The molecule has 0 bridgehead atoms. The lowest BCUT2D eigenvalue weighted by atomic mass is 9.96. The summed E-state index contributed by atoms with van der Waals surface area (Å²) in [7, 11) is 0. The molecule has 0 aliphatic carbocycles. The summed E-state index contributed by atoms with van der Waals surface area (Å²) in [4.78, 5) is 36.6. The van der Waals surface area contributed by atoms with Gasteiger partial charge in [0.15, 0.2) is 5.82 Å². The van der Waals surface area contributed by atoms with Crippen LogP contribution in [0.15, 0.2) is 6.07 Å². The smallest absolute Gasteiger partial charge is 0.405 e. The second-order valence-electron chi connectivity index (χ2n) is 12.1. The van der Waals surface area contributed by atoms with E-state index in [1.54, 1.807) is 11.3 Å². The van der Waals surface area contributed by atoms with E-state index in [0.717, 1.165) is 85.2 Å². The van der Waals surface area contributed by atoms with Crippen LogP contribution in [0.2, 0.25) is 0 Å². The molecule has 0 radical (unpaired) electrons. The summed E-state index contributed by atoms with van der Waals surface area (Å²) < 4.78 is 19.9. The highest BCUT2D eigenvalue weighted by Crippen LogP contribution is 2.35. The zero-order chi connectivity index (χ0) is 31.0. The molecule has 1 fully saturated rings. The topological polar surface area (TPSA) is 148 Å². The van der Waals surface area contributed by atoms with Gasteiger partial charge in [0, 0.05) is 37.5 Å². The number of amides is 2. The largest absolute Gasteiger partial charge is 0.444 e. The average Bonchev–Trinajstić information content (AvgIpc) is 3.50. The lowest BCUT2D eigenvalue weighted by Gasteiger charge is -2.32. The number of thiophene rings is 1. The Balaban J connectivity index is 1.20. The number of hydrogen-bond acceptors (Lipinski definition) is 9. The number of nitrogens with zero attached hydrogens (tertiary/aromatic N) is 4. The molecule has 12 heteroatoms. The van der Waals surface area contributed by atoms with Gasteiger partial charge in [-0.15, -0.1) is 11.3 Å². The molecule has 0 aromatic carbocycles. The fourth-order valence-corrected chi connectivity index (χ4v) is 6.76. The molecular formula is C31H48N6O5S. The van der Waals surface area contributed by atoms with Crippen LogP contribution in [0.1, 0.15) is 76.4 Å². The summed E-state index contributed by atoms with van der Waals surface area (Å²) in [6.45, 7) is 12.2. The maximum atomic E-state index is 12.8. The highest BCUT2D eigenvalue weighted by atomic mass is 32.1. The number of fused-ring (bicyclic) bond motifs is 3. The van der Waals surface area contributed by atoms with Crippen LogP contribution >= 0.6 is 11.3 Å². The van der Waals surface area contributed by atoms with Crippen molar-refractivity contribution in [3.63, 3.8) is 0 Å². The van der Waals surface area contributed by atoms with Gasteiger partial charge in [-0.25, -0.2) is 14.8 Å². The number of aromatic nitrogens is 3. The number of carbonyl (C=O) groups excluding carboxylic acids is 2. The van der Waals surface area contributed by atoms with Crippen molar-refractivity contribution in [2.75, 3.05) is 45.3 Å². The Bertz CT molecular complexity index is 1380. The van der Waals surface area contributed by atoms with Gasteiger partial charge < -0.3 is 35.1 Å². The van der Waals surface area contributed by atoms with Crippen LogP contribution in [0.25, 0.3) is 21.3 Å². The molecule has 4 N–H and O–H groups in total. The van der Waals surface area contributed by atoms with Crippen molar-refractivity contribution < 1.29 is 23.8 Å². The molecule has 0 atom stereocenters. The summed E-state index contributed by atoms with van der Waals surface area (Å²) in [5.74, 6) is 2.20. The Kier molecular flexibility index (Phi) is 11.6. The van der Waals surface area contributed by atoms with Crippen LogP contribution < -0.4 is 11.5 Å². The minimum atomic E-state index is -0.767. The molecule has 3 aromatic rings. The first-order valence-electron chi connectivity index (χ1n) is 15.5. The molecule has 0 unspecified atom stereocenters. The molecule has 238 valence electrons. The molecule has 1 saturated heterocycles. The van der Waals surface area contributed by atoms with Gasteiger partial charge in [0.1, 0.15) is 16.9 Å². The fourth-order valence-electron chi connectivity index (χ4n) is 5.75. The highest BCUT2D eigenvalue weighted by Gasteiger charge is 2.26. The first-order valence-corrected chi connectivity index (χ1v) is 16.4. The first kappa shape index (κ1) is 32.9. The lowest BCUT2D eigenvalue weighted by molar-refractivity contribution is -0.133. The van der Waals surface area contributed by atoms with Crippen LogP contribution in [-0.2, 0) is 32.0 Å². The van der Waals surface area contributed by atoms with Crippen molar-refractivity contribution in [2.45, 2.75) is 91.2 Å². The molecular weight excluding hydrogens is 568 g/mol. The van der Waals surface area contributed by atoms with Gasteiger partial charge in [0.2, 0.25) is 5.91 Å². The van der Waals surface area contributed by atoms with Crippen molar-refractivity contribution >= 4 is 50.4 Å². The van der Waals surface area contributed by atoms with E-state index in [1.807, 2.05) is 18.7 Å². The van der Waals surface area contributed by atoms with E-state index < -0.39 is 11.7 Å². The van der Waals surface area contributed by atoms with E-state index in [4.69, 9.17) is 30.7 Å². The predicted octanol–water partition coefficient (Wildman–Crippen LogP) is 5.20. The molecule has 0 saturated carbocycles. The molecule has 1 aliphatic rings. The number of imidazole rings is 1. The third-order valence-corrected chi connectivity index (χ3v) is 9.07. The molecule has 2 amide bonds. The maximum absolute atomic E-state index is 12.8. The van der Waals surface area contributed by atoms with Crippen molar-refractivity contribution in [2.24, 2.45) is 11.7 Å². The van der Waals surface area contributed by atoms with Crippen LogP contribution in [0.3, 0.4) is 0 Å². The van der Waals surface area contributed by atoms with Crippen molar-refractivity contribution in [1.82, 2.24) is 19.4 Å². The molecule has 4 rings (SSSR count). The number of primary amides is 1. The number of ether oxygens (including phenoxy) is 3. The lowest BCUT2D eigenvalue weighted by Crippen LogP contribution is -2.39. The highest BCUT2D eigenvalue weighted by molar-refractivity contribution is 7.19. The van der Waals surface area contributed by atoms with E-state index in [1.165, 1.54) is 4.88 Å². The summed E-state index contributed by atoms with van der Waals surface area (Å²) in [5, 5.41) is 0. The van der Waals surface area contributed by atoms with Crippen LogP contribution in [0.4, 0.5) is 10.6 Å². The number of pyridine rings is 1. The van der Waals surface area contributed by atoms with E-state index >= 15 is 0 Å². The standard InChI is InChI=1S/C31H48N6O5S/c1-5-6-8-24-35-26-27(28-23(34-29(26)32)19-21(2)43-28)37(24)20-22-9-13-36(14-10-22)25(38)11-16-41-18-17-40-15-7-12-31(3,4)42-30(33)39/h19,22H,5-18,20H2,1-4H3,(H2,32,34)(H2,33,39). The van der Waals surface area contributed by atoms with Gasteiger partial charge in [-0.1, -0.05) is 13.3 Å². The summed E-state index contributed by atoms with van der Waals surface area (Å²) in [6, 6.07) is 2.10.